The molecule has 1 aromatic heterocycles. The van der Waals surface area contributed by atoms with Gasteiger partial charge in [-0.25, -0.2) is 0 Å². The molecule has 0 saturated heterocycles. The number of carbonyl (C=O) groups excluding carboxylic acids is 1. The molecule has 96 valence electrons. The number of thiophene rings is 1. The summed E-state index contributed by atoms with van der Waals surface area (Å²) in [5.41, 5.74) is 0. The van der Waals surface area contributed by atoms with Crippen LogP contribution < -0.4 is 10.6 Å². The van der Waals surface area contributed by atoms with Crippen molar-refractivity contribution in [2.75, 3.05) is 13.1 Å². The van der Waals surface area contributed by atoms with E-state index in [0.29, 0.717) is 19.0 Å². The fourth-order valence-corrected chi connectivity index (χ4v) is 2.86. The van der Waals surface area contributed by atoms with Gasteiger partial charge in [-0.05, 0) is 34.5 Å². The Morgan fingerprint density at radius 3 is 2.76 bits per heavy atom. The summed E-state index contributed by atoms with van der Waals surface area (Å²) in [6.07, 6.45) is 1.45. The number of carbonyl (C=O) groups is 1. The number of hydrogen-bond acceptors (Lipinski definition) is 3. The van der Waals surface area contributed by atoms with E-state index in [0.717, 1.165) is 16.8 Å². The number of halogens is 1. The Hall–Kier alpha value is -0.390. The summed E-state index contributed by atoms with van der Waals surface area (Å²) in [4.78, 5) is 12.8. The minimum absolute atomic E-state index is 0.119. The van der Waals surface area contributed by atoms with Crippen LogP contribution in [0.4, 0.5) is 0 Å². The molecule has 0 atom stereocenters. The normalized spacial score (nSPS) is 10.8. The van der Waals surface area contributed by atoms with Crippen LogP contribution >= 0.6 is 27.3 Å². The van der Waals surface area contributed by atoms with Gasteiger partial charge in [0.25, 0.3) is 0 Å². The Morgan fingerprint density at radius 2 is 2.18 bits per heavy atom. The first-order valence-corrected chi connectivity index (χ1v) is 7.43. The minimum Gasteiger partial charge on any atom is -0.356 e. The highest BCUT2D eigenvalue weighted by Crippen LogP contribution is 2.21. The minimum atomic E-state index is 0.119. The predicted octanol–water partition coefficient (Wildman–Crippen LogP) is 2.56. The molecule has 0 aliphatic heterocycles. The van der Waals surface area contributed by atoms with E-state index in [1.54, 1.807) is 11.3 Å². The largest absolute Gasteiger partial charge is 0.356 e. The molecular formula is C12H19BrN2OS. The van der Waals surface area contributed by atoms with Crippen LogP contribution in [0.15, 0.2) is 15.9 Å². The van der Waals surface area contributed by atoms with E-state index < -0.39 is 0 Å². The maximum atomic E-state index is 11.5. The first-order valence-electron chi connectivity index (χ1n) is 5.82. The van der Waals surface area contributed by atoms with E-state index in [1.807, 2.05) is 6.07 Å². The second kappa shape index (κ2) is 7.84. The van der Waals surface area contributed by atoms with Gasteiger partial charge >= 0.3 is 0 Å². The first kappa shape index (κ1) is 14.7. The van der Waals surface area contributed by atoms with E-state index in [1.165, 1.54) is 4.88 Å². The van der Waals surface area contributed by atoms with Gasteiger partial charge in [-0.2, -0.15) is 0 Å². The smallest absolute Gasteiger partial charge is 0.221 e. The second-order valence-corrected chi connectivity index (χ2v) is 6.71. The van der Waals surface area contributed by atoms with Crippen LogP contribution in [0.5, 0.6) is 0 Å². The highest BCUT2D eigenvalue weighted by Gasteiger charge is 2.02. The second-order valence-electron chi connectivity index (χ2n) is 4.16. The zero-order chi connectivity index (χ0) is 12.7. The van der Waals surface area contributed by atoms with E-state index in [2.05, 4.69) is 46.5 Å². The topological polar surface area (TPSA) is 41.1 Å². The molecule has 0 radical (unpaired) electrons. The standard InChI is InChI=1S/C12H19BrN2OS/c1-9(2)14-8-6-12(16)15-7-5-10-3-4-11(13)17-10/h3-4,9,14H,5-8H2,1-2H3,(H,15,16). The molecule has 0 spiro atoms. The molecule has 5 heteroatoms. The van der Waals surface area contributed by atoms with Crippen molar-refractivity contribution in [1.82, 2.24) is 10.6 Å². The van der Waals surface area contributed by atoms with Crippen LogP contribution in [0, 0.1) is 0 Å². The molecule has 0 aromatic carbocycles. The highest BCUT2D eigenvalue weighted by molar-refractivity contribution is 9.11. The lowest BCUT2D eigenvalue weighted by Crippen LogP contribution is -2.31. The van der Waals surface area contributed by atoms with Crippen molar-refractivity contribution in [1.29, 1.82) is 0 Å². The van der Waals surface area contributed by atoms with Crippen molar-refractivity contribution in [3.05, 3.63) is 20.8 Å². The van der Waals surface area contributed by atoms with Crippen molar-refractivity contribution < 1.29 is 4.79 Å². The van der Waals surface area contributed by atoms with Crippen molar-refractivity contribution in [2.24, 2.45) is 0 Å². The van der Waals surface area contributed by atoms with Crippen LogP contribution in [0.3, 0.4) is 0 Å². The van der Waals surface area contributed by atoms with Crippen molar-refractivity contribution in [3.8, 4) is 0 Å². The maximum Gasteiger partial charge on any atom is 0.221 e. The number of hydrogen-bond donors (Lipinski definition) is 2. The molecule has 1 rings (SSSR count). The van der Waals surface area contributed by atoms with Gasteiger partial charge in [0.2, 0.25) is 5.91 Å². The van der Waals surface area contributed by atoms with Crippen LogP contribution in [-0.2, 0) is 11.2 Å². The maximum absolute atomic E-state index is 11.5. The van der Waals surface area contributed by atoms with E-state index in [9.17, 15) is 4.79 Å². The molecule has 0 unspecified atom stereocenters. The van der Waals surface area contributed by atoms with Crippen LogP contribution in [-0.4, -0.2) is 25.0 Å². The predicted molar refractivity (Wildman–Crippen MR) is 76.5 cm³/mol. The molecule has 0 saturated carbocycles. The summed E-state index contributed by atoms with van der Waals surface area (Å²) < 4.78 is 1.14. The number of nitrogens with one attached hydrogen (secondary N) is 2. The molecule has 17 heavy (non-hydrogen) atoms. The fraction of sp³-hybridized carbons (Fsp3) is 0.583. The summed E-state index contributed by atoms with van der Waals surface area (Å²) >= 11 is 5.14. The molecule has 1 aromatic rings. The zero-order valence-corrected chi connectivity index (χ0v) is 12.7. The van der Waals surface area contributed by atoms with Crippen LogP contribution in [0.1, 0.15) is 25.1 Å². The molecule has 0 aliphatic carbocycles. The average Bonchev–Trinajstić information content (AvgIpc) is 2.63. The summed E-state index contributed by atoms with van der Waals surface area (Å²) in [6.45, 7) is 5.61. The van der Waals surface area contributed by atoms with E-state index in [4.69, 9.17) is 0 Å². The van der Waals surface area contributed by atoms with Gasteiger partial charge in [0, 0.05) is 30.4 Å². The molecule has 0 fully saturated rings. The first-order chi connectivity index (χ1) is 8.08. The molecule has 3 nitrogen and oxygen atoms in total. The molecular weight excluding hydrogens is 300 g/mol. The van der Waals surface area contributed by atoms with Gasteiger partial charge in [-0.15, -0.1) is 11.3 Å². The van der Waals surface area contributed by atoms with Crippen molar-refractivity contribution >= 4 is 33.2 Å². The van der Waals surface area contributed by atoms with Crippen molar-refractivity contribution in [3.63, 3.8) is 0 Å². The van der Waals surface area contributed by atoms with Gasteiger partial charge in [-0.3, -0.25) is 4.79 Å². The Labute approximate surface area is 115 Å². The Morgan fingerprint density at radius 1 is 1.41 bits per heavy atom. The molecule has 1 amide bonds. The van der Waals surface area contributed by atoms with Crippen LogP contribution in [0.25, 0.3) is 0 Å². The fourth-order valence-electron chi connectivity index (χ4n) is 1.37. The third kappa shape index (κ3) is 6.81. The van der Waals surface area contributed by atoms with Gasteiger partial charge < -0.3 is 10.6 Å². The molecule has 0 aliphatic rings. The lowest BCUT2D eigenvalue weighted by Gasteiger charge is -2.08. The lowest BCUT2D eigenvalue weighted by atomic mass is 10.3. The molecule has 1 heterocycles. The number of rotatable bonds is 7. The zero-order valence-electron chi connectivity index (χ0n) is 10.3. The summed E-state index contributed by atoms with van der Waals surface area (Å²) in [7, 11) is 0. The Kier molecular flexibility index (Phi) is 6.77. The monoisotopic (exact) mass is 318 g/mol. The third-order valence-electron chi connectivity index (χ3n) is 2.23. The van der Waals surface area contributed by atoms with Crippen molar-refractivity contribution in [2.45, 2.75) is 32.7 Å². The van der Waals surface area contributed by atoms with E-state index in [-0.39, 0.29) is 5.91 Å². The SMILES string of the molecule is CC(C)NCCC(=O)NCCc1ccc(Br)s1. The molecule has 0 bridgehead atoms. The third-order valence-corrected chi connectivity index (χ3v) is 3.91. The summed E-state index contributed by atoms with van der Waals surface area (Å²) in [6, 6.07) is 4.56. The molecule has 2 N–H and O–H groups in total. The van der Waals surface area contributed by atoms with E-state index >= 15 is 0 Å². The van der Waals surface area contributed by atoms with Gasteiger partial charge in [-0.1, -0.05) is 13.8 Å². The highest BCUT2D eigenvalue weighted by atomic mass is 79.9. The van der Waals surface area contributed by atoms with Gasteiger partial charge in [0.15, 0.2) is 0 Å². The van der Waals surface area contributed by atoms with Crippen LogP contribution in [0.2, 0.25) is 0 Å². The number of amides is 1. The summed E-state index contributed by atoms with van der Waals surface area (Å²) in [5.74, 6) is 0.119. The summed E-state index contributed by atoms with van der Waals surface area (Å²) in [5, 5.41) is 6.15. The average molecular weight is 319 g/mol. The van der Waals surface area contributed by atoms with Gasteiger partial charge in [0.05, 0.1) is 3.79 Å². The Bertz CT molecular complexity index is 352. The Balaban J connectivity index is 2.08. The van der Waals surface area contributed by atoms with Gasteiger partial charge in [0.1, 0.15) is 0 Å². The lowest BCUT2D eigenvalue weighted by molar-refractivity contribution is -0.120. The quantitative estimate of drug-likeness (QED) is 0.811.